The van der Waals surface area contributed by atoms with E-state index in [1.807, 2.05) is 43.2 Å². The number of amides is 2. The maximum absolute atomic E-state index is 13.2. The Balaban J connectivity index is 1.35. The molecule has 0 radical (unpaired) electrons. The van der Waals surface area contributed by atoms with Crippen LogP contribution in [0.2, 0.25) is 0 Å². The van der Waals surface area contributed by atoms with Gasteiger partial charge in [-0.3, -0.25) is 23.7 Å². The van der Waals surface area contributed by atoms with Crippen LogP contribution in [0.4, 0.5) is 0 Å². The predicted molar refractivity (Wildman–Crippen MR) is 128 cm³/mol. The predicted octanol–water partition coefficient (Wildman–Crippen LogP) is 2.16. The maximum atomic E-state index is 13.2. The lowest BCUT2D eigenvalue weighted by Gasteiger charge is -2.37. The molecule has 1 saturated heterocycles. The van der Waals surface area contributed by atoms with Crippen LogP contribution in [0.1, 0.15) is 35.5 Å². The largest absolute Gasteiger partial charge is 0.340 e. The van der Waals surface area contributed by atoms with Crippen molar-refractivity contribution in [2.75, 3.05) is 26.2 Å². The highest BCUT2D eigenvalue weighted by molar-refractivity contribution is 7.15. The van der Waals surface area contributed by atoms with Gasteiger partial charge < -0.3 is 10.2 Å². The fraction of sp³-hybridized carbons (Fsp3) is 0.417. The molecule has 1 aliphatic rings. The molecule has 1 aliphatic heterocycles. The molecular formula is C24H29N5O3S. The van der Waals surface area contributed by atoms with Crippen LogP contribution in [0.3, 0.4) is 0 Å². The smallest absolute Gasteiger partial charge is 0.258 e. The van der Waals surface area contributed by atoms with Gasteiger partial charge in [0, 0.05) is 55.9 Å². The second-order valence-electron chi connectivity index (χ2n) is 8.80. The van der Waals surface area contributed by atoms with Gasteiger partial charge in [0.25, 0.3) is 11.5 Å². The molecule has 4 rings (SSSR count). The number of aryl methyl sites for hydroxylation is 1. The van der Waals surface area contributed by atoms with Gasteiger partial charge in [-0.15, -0.1) is 11.3 Å². The van der Waals surface area contributed by atoms with Crippen molar-refractivity contribution < 1.29 is 9.59 Å². The van der Waals surface area contributed by atoms with E-state index < -0.39 is 6.04 Å². The highest BCUT2D eigenvalue weighted by Gasteiger charge is 2.31. The summed E-state index contributed by atoms with van der Waals surface area (Å²) in [4.78, 5) is 47.4. The summed E-state index contributed by atoms with van der Waals surface area (Å²) in [6.07, 6.45) is 1.73. The summed E-state index contributed by atoms with van der Waals surface area (Å²) in [6.45, 7) is 8.95. The zero-order valence-corrected chi connectivity index (χ0v) is 20.0. The summed E-state index contributed by atoms with van der Waals surface area (Å²) < 4.78 is 1.54. The number of benzene rings is 1. The number of thiazole rings is 1. The van der Waals surface area contributed by atoms with Gasteiger partial charge in [-0.2, -0.15) is 0 Å². The fourth-order valence-corrected chi connectivity index (χ4v) is 4.70. The normalized spacial score (nSPS) is 15.7. The number of hydrogen-bond acceptors (Lipinski definition) is 6. The lowest BCUT2D eigenvalue weighted by molar-refractivity contribution is -0.136. The van der Waals surface area contributed by atoms with E-state index in [4.69, 9.17) is 0 Å². The topological polar surface area (TPSA) is 87.0 Å². The number of nitrogens with zero attached hydrogens (tertiary/aromatic N) is 4. The van der Waals surface area contributed by atoms with Crippen LogP contribution in [0, 0.1) is 12.8 Å². The van der Waals surface area contributed by atoms with E-state index in [1.54, 1.807) is 28.8 Å². The molecule has 0 unspecified atom stereocenters. The van der Waals surface area contributed by atoms with Crippen molar-refractivity contribution >= 4 is 28.1 Å². The number of carbonyl (C=O) groups is 2. The van der Waals surface area contributed by atoms with Gasteiger partial charge in [-0.25, -0.2) is 4.98 Å². The van der Waals surface area contributed by atoms with Crippen molar-refractivity contribution in [3.05, 3.63) is 69.1 Å². The van der Waals surface area contributed by atoms with E-state index in [1.165, 1.54) is 11.3 Å². The zero-order valence-electron chi connectivity index (χ0n) is 19.2. The Kier molecular flexibility index (Phi) is 6.90. The average molecular weight is 468 g/mol. The van der Waals surface area contributed by atoms with Gasteiger partial charge in [0.15, 0.2) is 4.96 Å². The Labute approximate surface area is 196 Å². The molecule has 9 heteroatoms. The van der Waals surface area contributed by atoms with Crippen LogP contribution in [0.5, 0.6) is 0 Å². The van der Waals surface area contributed by atoms with Gasteiger partial charge in [0.2, 0.25) is 5.91 Å². The third-order valence-corrected chi connectivity index (χ3v) is 6.72. The monoisotopic (exact) mass is 467 g/mol. The first-order valence-corrected chi connectivity index (χ1v) is 12.0. The summed E-state index contributed by atoms with van der Waals surface area (Å²) in [6, 6.07) is 8.33. The minimum Gasteiger partial charge on any atom is -0.340 e. The van der Waals surface area contributed by atoms with E-state index in [9.17, 15) is 14.4 Å². The van der Waals surface area contributed by atoms with Gasteiger partial charge in [-0.1, -0.05) is 31.5 Å². The van der Waals surface area contributed by atoms with Crippen molar-refractivity contribution in [1.82, 2.24) is 24.5 Å². The molecule has 0 spiro atoms. The lowest BCUT2D eigenvalue weighted by atomic mass is 10.0. The molecule has 174 valence electrons. The van der Waals surface area contributed by atoms with Crippen molar-refractivity contribution in [2.45, 2.75) is 33.4 Å². The Morgan fingerprint density at radius 3 is 2.48 bits per heavy atom. The first kappa shape index (κ1) is 23.1. The number of hydrogen-bond donors (Lipinski definition) is 1. The molecule has 1 fully saturated rings. The highest BCUT2D eigenvalue weighted by atomic mass is 32.1. The molecule has 0 bridgehead atoms. The Hall–Kier alpha value is -3.04. The van der Waals surface area contributed by atoms with Crippen LogP contribution < -0.4 is 10.9 Å². The summed E-state index contributed by atoms with van der Waals surface area (Å²) >= 11 is 1.44. The zero-order chi connectivity index (χ0) is 23.5. The average Bonchev–Trinajstić information content (AvgIpc) is 3.27. The van der Waals surface area contributed by atoms with E-state index in [0.29, 0.717) is 43.2 Å². The molecule has 0 aliphatic carbocycles. The number of fused-ring (bicyclic) bond motifs is 1. The van der Waals surface area contributed by atoms with Crippen molar-refractivity contribution in [3.63, 3.8) is 0 Å². The Morgan fingerprint density at radius 1 is 1.12 bits per heavy atom. The van der Waals surface area contributed by atoms with Crippen LogP contribution in [-0.2, 0) is 11.3 Å². The van der Waals surface area contributed by atoms with Crippen LogP contribution in [0.25, 0.3) is 4.96 Å². The van der Waals surface area contributed by atoms with Crippen molar-refractivity contribution in [3.8, 4) is 0 Å². The van der Waals surface area contributed by atoms with Crippen LogP contribution in [0.15, 0.2) is 46.7 Å². The van der Waals surface area contributed by atoms with Crippen LogP contribution in [-0.4, -0.2) is 63.2 Å². The molecular weight excluding hydrogens is 438 g/mol. The molecule has 3 heterocycles. The Bertz CT molecular complexity index is 1190. The second-order valence-corrected chi connectivity index (χ2v) is 9.68. The van der Waals surface area contributed by atoms with Crippen molar-refractivity contribution in [2.24, 2.45) is 5.92 Å². The van der Waals surface area contributed by atoms with Gasteiger partial charge in [0.05, 0.1) is 5.69 Å². The Morgan fingerprint density at radius 2 is 1.82 bits per heavy atom. The first-order chi connectivity index (χ1) is 15.8. The molecule has 33 heavy (non-hydrogen) atoms. The number of piperazine rings is 1. The molecule has 1 N–H and O–H groups in total. The first-order valence-electron chi connectivity index (χ1n) is 11.2. The number of rotatable bonds is 6. The summed E-state index contributed by atoms with van der Waals surface area (Å²) in [5, 5.41) is 4.78. The van der Waals surface area contributed by atoms with Crippen LogP contribution >= 0.6 is 11.3 Å². The minimum absolute atomic E-state index is 0.0281. The maximum Gasteiger partial charge on any atom is 0.258 e. The third kappa shape index (κ3) is 5.31. The fourth-order valence-electron chi connectivity index (χ4n) is 3.96. The van der Waals surface area contributed by atoms with E-state index in [-0.39, 0.29) is 23.3 Å². The van der Waals surface area contributed by atoms with E-state index >= 15 is 0 Å². The molecule has 1 atom stereocenters. The lowest BCUT2D eigenvalue weighted by Crippen LogP contribution is -2.56. The summed E-state index contributed by atoms with van der Waals surface area (Å²) in [5.74, 6) is -0.317. The van der Waals surface area contributed by atoms with Crippen molar-refractivity contribution in [1.29, 1.82) is 0 Å². The number of nitrogens with one attached hydrogen (secondary N) is 1. The highest BCUT2D eigenvalue weighted by Crippen LogP contribution is 2.14. The molecule has 1 aromatic carbocycles. The van der Waals surface area contributed by atoms with E-state index in [2.05, 4.69) is 15.2 Å². The minimum atomic E-state index is -0.576. The second kappa shape index (κ2) is 9.84. The number of aromatic nitrogens is 2. The molecule has 2 aromatic heterocycles. The number of carbonyl (C=O) groups excluding carboxylic acids is 2. The van der Waals surface area contributed by atoms with Gasteiger partial charge in [-0.05, 0) is 25.0 Å². The summed E-state index contributed by atoms with van der Waals surface area (Å²) in [7, 11) is 0. The SMILES string of the molecule is Cc1ccc(C(=O)N[C@H](C(=O)N2CCN(Cc3cc(=O)n4ccsc4n3)CC2)C(C)C)cc1. The standard InChI is InChI=1S/C24H29N5O3S/c1-16(2)21(26-22(31)18-6-4-17(3)5-7-18)23(32)28-10-8-27(9-11-28)15-19-14-20(30)29-12-13-33-24(29)25-19/h4-7,12-14,16,21H,8-11,15H2,1-3H3,(H,26,31)/t21-/m0/s1. The summed E-state index contributed by atoms with van der Waals surface area (Å²) in [5.41, 5.74) is 2.30. The van der Waals surface area contributed by atoms with Gasteiger partial charge in [0.1, 0.15) is 6.04 Å². The molecule has 3 aromatic rings. The molecule has 8 nitrogen and oxygen atoms in total. The molecule has 2 amide bonds. The third-order valence-electron chi connectivity index (χ3n) is 5.96. The van der Waals surface area contributed by atoms with Gasteiger partial charge >= 0.3 is 0 Å². The quantitative estimate of drug-likeness (QED) is 0.600. The molecule has 0 saturated carbocycles. The van der Waals surface area contributed by atoms with E-state index in [0.717, 1.165) is 11.3 Å².